The molecular weight excluding hydrogens is 210 g/mol. The number of anilines is 1. The van der Waals surface area contributed by atoms with Gasteiger partial charge in [0.1, 0.15) is 5.82 Å². The molecule has 0 atom stereocenters. The van der Waals surface area contributed by atoms with Crippen molar-refractivity contribution in [2.75, 3.05) is 5.73 Å². The van der Waals surface area contributed by atoms with E-state index in [0.717, 1.165) is 22.0 Å². The van der Waals surface area contributed by atoms with Crippen LogP contribution in [0.4, 0.5) is 5.82 Å². The van der Waals surface area contributed by atoms with E-state index < -0.39 is 0 Å². The highest BCUT2D eigenvalue weighted by molar-refractivity contribution is 5.88. The molecule has 0 saturated heterocycles. The largest absolute Gasteiger partial charge is 0.383 e. The van der Waals surface area contributed by atoms with Crippen molar-refractivity contribution in [2.24, 2.45) is 0 Å². The molecule has 3 rings (SSSR count). The van der Waals surface area contributed by atoms with Gasteiger partial charge in [0.25, 0.3) is 0 Å². The minimum absolute atomic E-state index is 0.539. The number of hydrogen-bond acceptors (Lipinski definition) is 3. The Labute approximate surface area is 98.9 Å². The van der Waals surface area contributed by atoms with Gasteiger partial charge in [-0.3, -0.25) is 4.98 Å². The third-order valence-electron chi connectivity index (χ3n) is 2.73. The summed E-state index contributed by atoms with van der Waals surface area (Å²) in [5, 5.41) is 1.08. The van der Waals surface area contributed by atoms with Crippen LogP contribution < -0.4 is 5.73 Å². The van der Waals surface area contributed by atoms with Gasteiger partial charge in [0.2, 0.25) is 0 Å². The molecule has 0 unspecified atom stereocenters. The number of fused-ring (bicyclic) bond motifs is 1. The molecule has 3 heteroatoms. The number of benzene rings is 1. The van der Waals surface area contributed by atoms with E-state index in [0.29, 0.717) is 5.82 Å². The van der Waals surface area contributed by atoms with E-state index in [2.05, 4.69) is 16.0 Å². The Morgan fingerprint density at radius 2 is 1.88 bits per heavy atom. The standard InChI is InChI=1S/C14H11N3/c15-14-12(11-5-3-7-16-9-11)8-10-4-1-2-6-13(10)17-14/h1-9H,(H2,15,17). The van der Waals surface area contributed by atoms with Crippen molar-refractivity contribution in [3.05, 3.63) is 54.9 Å². The maximum atomic E-state index is 5.98. The molecule has 1 aromatic carbocycles. The zero-order valence-corrected chi connectivity index (χ0v) is 9.17. The van der Waals surface area contributed by atoms with E-state index >= 15 is 0 Å². The number of nitrogens with zero attached hydrogens (tertiary/aromatic N) is 2. The lowest BCUT2D eigenvalue weighted by molar-refractivity contribution is 1.32. The molecule has 3 aromatic rings. The third-order valence-corrected chi connectivity index (χ3v) is 2.73. The van der Waals surface area contributed by atoms with Gasteiger partial charge in [0, 0.05) is 28.9 Å². The van der Waals surface area contributed by atoms with Crippen LogP contribution in [-0.2, 0) is 0 Å². The minimum Gasteiger partial charge on any atom is -0.383 e. The summed E-state index contributed by atoms with van der Waals surface area (Å²) in [4.78, 5) is 8.50. The van der Waals surface area contributed by atoms with Crippen LogP contribution in [0.5, 0.6) is 0 Å². The monoisotopic (exact) mass is 221 g/mol. The Bertz CT molecular complexity index is 663. The topological polar surface area (TPSA) is 51.8 Å². The first-order valence-corrected chi connectivity index (χ1v) is 5.40. The summed E-state index contributed by atoms with van der Waals surface area (Å²) >= 11 is 0. The van der Waals surface area contributed by atoms with Gasteiger partial charge in [-0.1, -0.05) is 24.3 Å². The van der Waals surface area contributed by atoms with E-state index in [4.69, 9.17) is 5.73 Å². The summed E-state index contributed by atoms with van der Waals surface area (Å²) in [6.45, 7) is 0. The fourth-order valence-corrected chi connectivity index (χ4v) is 1.88. The van der Waals surface area contributed by atoms with E-state index in [1.165, 1.54) is 0 Å². The molecular formula is C14H11N3. The Balaban J connectivity index is 2.27. The van der Waals surface area contributed by atoms with Gasteiger partial charge < -0.3 is 5.73 Å². The van der Waals surface area contributed by atoms with E-state index in [-0.39, 0.29) is 0 Å². The number of para-hydroxylation sites is 1. The third kappa shape index (κ3) is 1.72. The molecule has 0 spiro atoms. The predicted octanol–water partition coefficient (Wildman–Crippen LogP) is 2.88. The normalized spacial score (nSPS) is 10.6. The van der Waals surface area contributed by atoms with Gasteiger partial charge in [0.05, 0.1) is 5.52 Å². The minimum atomic E-state index is 0.539. The van der Waals surface area contributed by atoms with Gasteiger partial charge in [-0.05, 0) is 18.2 Å². The number of nitrogens with two attached hydrogens (primary N) is 1. The molecule has 3 nitrogen and oxygen atoms in total. The summed E-state index contributed by atoms with van der Waals surface area (Å²) in [5.74, 6) is 0.539. The molecule has 2 N–H and O–H groups in total. The highest BCUT2D eigenvalue weighted by atomic mass is 14.8. The van der Waals surface area contributed by atoms with Crippen LogP contribution in [0.3, 0.4) is 0 Å². The van der Waals surface area contributed by atoms with Crippen LogP contribution in [0.2, 0.25) is 0 Å². The molecule has 82 valence electrons. The van der Waals surface area contributed by atoms with Crippen LogP contribution >= 0.6 is 0 Å². The van der Waals surface area contributed by atoms with Crippen molar-refractivity contribution >= 4 is 16.7 Å². The number of rotatable bonds is 1. The predicted molar refractivity (Wildman–Crippen MR) is 69.4 cm³/mol. The van der Waals surface area contributed by atoms with Crippen molar-refractivity contribution in [2.45, 2.75) is 0 Å². The second-order valence-corrected chi connectivity index (χ2v) is 3.86. The lowest BCUT2D eigenvalue weighted by atomic mass is 10.1. The van der Waals surface area contributed by atoms with Crippen LogP contribution in [0.25, 0.3) is 22.0 Å². The first-order valence-electron chi connectivity index (χ1n) is 5.40. The summed E-state index contributed by atoms with van der Waals surface area (Å²) in [5.41, 5.74) is 8.81. The molecule has 0 aliphatic rings. The molecule has 0 bridgehead atoms. The van der Waals surface area contributed by atoms with Gasteiger partial charge in [-0.2, -0.15) is 0 Å². The molecule has 2 heterocycles. The maximum absolute atomic E-state index is 5.98. The van der Waals surface area contributed by atoms with Crippen LogP contribution in [0.1, 0.15) is 0 Å². The fraction of sp³-hybridized carbons (Fsp3) is 0. The van der Waals surface area contributed by atoms with E-state index in [1.54, 1.807) is 12.4 Å². The summed E-state index contributed by atoms with van der Waals surface area (Å²) in [7, 11) is 0. The van der Waals surface area contributed by atoms with E-state index in [1.807, 2.05) is 36.4 Å². The summed E-state index contributed by atoms with van der Waals surface area (Å²) < 4.78 is 0. The van der Waals surface area contributed by atoms with E-state index in [9.17, 15) is 0 Å². The number of pyridine rings is 2. The van der Waals surface area contributed by atoms with Gasteiger partial charge in [-0.15, -0.1) is 0 Å². The Kier molecular flexibility index (Phi) is 2.22. The van der Waals surface area contributed by atoms with Crippen LogP contribution in [0, 0.1) is 0 Å². The molecule has 17 heavy (non-hydrogen) atoms. The molecule has 2 aromatic heterocycles. The van der Waals surface area contributed by atoms with Gasteiger partial charge in [0.15, 0.2) is 0 Å². The van der Waals surface area contributed by atoms with Crippen molar-refractivity contribution in [3.63, 3.8) is 0 Å². The van der Waals surface area contributed by atoms with Crippen molar-refractivity contribution in [3.8, 4) is 11.1 Å². The summed E-state index contributed by atoms with van der Waals surface area (Å²) in [6, 6.07) is 13.9. The smallest absolute Gasteiger partial charge is 0.132 e. The molecule has 0 aliphatic carbocycles. The molecule has 0 aliphatic heterocycles. The average Bonchev–Trinajstić information content (AvgIpc) is 2.39. The highest BCUT2D eigenvalue weighted by Crippen LogP contribution is 2.27. The first kappa shape index (κ1) is 9.78. The zero-order valence-electron chi connectivity index (χ0n) is 9.17. The van der Waals surface area contributed by atoms with Gasteiger partial charge in [-0.25, -0.2) is 4.98 Å². The average molecular weight is 221 g/mol. The molecule has 0 saturated carbocycles. The molecule has 0 radical (unpaired) electrons. The lowest BCUT2D eigenvalue weighted by Gasteiger charge is -2.06. The fourth-order valence-electron chi connectivity index (χ4n) is 1.88. The van der Waals surface area contributed by atoms with Gasteiger partial charge >= 0.3 is 0 Å². The quantitative estimate of drug-likeness (QED) is 0.687. The number of nitrogen functional groups attached to an aromatic ring is 1. The lowest BCUT2D eigenvalue weighted by Crippen LogP contribution is -1.95. The van der Waals surface area contributed by atoms with Crippen molar-refractivity contribution < 1.29 is 0 Å². The van der Waals surface area contributed by atoms with Crippen LogP contribution in [-0.4, -0.2) is 9.97 Å². The number of hydrogen-bond donors (Lipinski definition) is 1. The van der Waals surface area contributed by atoms with Crippen LogP contribution in [0.15, 0.2) is 54.9 Å². The maximum Gasteiger partial charge on any atom is 0.132 e. The second-order valence-electron chi connectivity index (χ2n) is 3.86. The second kappa shape index (κ2) is 3.87. The van der Waals surface area contributed by atoms with Crippen molar-refractivity contribution in [1.29, 1.82) is 0 Å². The molecule has 0 fully saturated rings. The first-order chi connectivity index (χ1) is 8.34. The van der Waals surface area contributed by atoms with Crippen molar-refractivity contribution in [1.82, 2.24) is 9.97 Å². The zero-order chi connectivity index (χ0) is 11.7. The number of aromatic nitrogens is 2. The molecule has 0 amide bonds. The Morgan fingerprint density at radius 3 is 2.71 bits per heavy atom. The Hall–Kier alpha value is -2.42. The summed E-state index contributed by atoms with van der Waals surface area (Å²) in [6.07, 6.45) is 3.54. The SMILES string of the molecule is Nc1nc2ccccc2cc1-c1cccnc1. The Morgan fingerprint density at radius 1 is 1.00 bits per heavy atom. The highest BCUT2D eigenvalue weighted by Gasteiger charge is 2.05.